The maximum atomic E-state index is 12.3. The molecule has 0 bridgehead atoms. The first-order valence-corrected chi connectivity index (χ1v) is 9.91. The van der Waals surface area contributed by atoms with Crippen molar-refractivity contribution in [2.24, 2.45) is 0 Å². The SMILES string of the molecule is CNC(=O)c1ccc(NC(=O)CNc2ccccc2OCCOc2ccccc2)cc1. The lowest BCUT2D eigenvalue weighted by Crippen LogP contribution is -2.22. The Kier molecular flexibility index (Phi) is 7.88. The molecule has 0 saturated carbocycles. The van der Waals surface area contributed by atoms with Crippen molar-refractivity contribution in [3.63, 3.8) is 0 Å². The summed E-state index contributed by atoms with van der Waals surface area (Å²) in [7, 11) is 1.57. The Bertz CT molecular complexity index is 991. The fourth-order valence-corrected chi connectivity index (χ4v) is 2.80. The molecule has 0 aromatic heterocycles. The van der Waals surface area contributed by atoms with Crippen LogP contribution in [0.2, 0.25) is 0 Å². The number of carbonyl (C=O) groups is 2. The van der Waals surface area contributed by atoms with Gasteiger partial charge in [-0.2, -0.15) is 0 Å². The van der Waals surface area contributed by atoms with Gasteiger partial charge in [0.25, 0.3) is 5.91 Å². The number of para-hydroxylation sites is 3. The van der Waals surface area contributed by atoms with Gasteiger partial charge in [0.15, 0.2) is 0 Å². The standard InChI is InChI=1S/C24H25N3O4/c1-25-24(29)18-11-13-19(14-12-18)27-23(28)17-26-21-9-5-6-10-22(21)31-16-15-30-20-7-3-2-4-8-20/h2-14,26H,15-17H2,1H3,(H,25,29)(H,27,28). The van der Waals surface area contributed by atoms with Gasteiger partial charge in [-0.15, -0.1) is 0 Å². The van der Waals surface area contributed by atoms with Gasteiger partial charge in [-0.1, -0.05) is 30.3 Å². The molecular weight excluding hydrogens is 394 g/mol. The van der Waals surface area contributed by atoms with Crippen LogP contribution >= 0.6 is 0 Å². The van der Waals surface area contributed by atoms with Crippen molar-refractivity contribution in [3.8, 4) is 11.5 Å². The molecule has 31 heavy (non-hydrogen) atoms. The average Bonchev–Trinajstić information content (AvgIpc) is 2.82. The summed E-state index contributed by atoms with van der Waals surface area (Å²) < 4.78 is 11.4. The van der Waals surface area contributed by atoms with Gasteiger partial charge < -0.3 is 25.4 Å². The lowest BCUT2D eigenvalue weighted by Gasteiger charge is -2.14. The Balaban J connectivity index is 1.46. The lowest BCUT2D eigenvalue weighted by atomic mass is 10.2. The van der Waals surface area contributed by atoms with Gasteiger partial charge in [-0.25, -0.2) is 0 Å². The van der Waals surface area contributed by atoms with E-state index >= 15 is 0 Å². The molecule has 7 nitrogen and oxygen atoms in total. The number of nitrogens with one attached hydrogen (secondary N) is 3. The normalized spacial score (nSPS) is 10.1. The van der Waals surface area contributed by atoms with Gasteiger partial charge in [0.2, 0.25) is 5.91 Å². The van der Waals surface area contributed by atoms with Crippen LogP contribution in [0.5, 0.6) is 11.5 Å². The number of anilines is 2. The highest BCUT2D eigenvalue weighted by atomic mass is 16.5. The summed E-state index contributed by atoms with van der Waals surface area (Å²) in [6.45, 7) is 0.848. The number of hydrogen-bond donors (Lipinski definition) is 3. The molecule has 7 heteroatoms. The zero-order valence-electron chi connectivity index (χ0n) is 17.3. The molecular formula is C24H25N3O4. The maximum Gasteiger partial charge on any atom is 0.251 e. The summed E-state index contributed by atoms with van der Waals surface area (Å²) in [5.41, 5.74) is 1.86. The van der Waals surface area contributed by atoms with E-state index in [4.69, 9.17) is 9.47 Å². The van der Waals surface area contributed by atoms with Gasteiger partial charge in [-0.05, 0) is 48.5 Å². The van der Waals surface area contributed by atoms with Crippen LogP contribution in [0.3, 0.4) is 0 Å². The summed E-state index contributed by atoms with van der Waals surface area (Å²) in [5, 5.41) is 8.44. The van der Waals surface area contributed by atoms with Crippen molar-refractivity contribution in [1.82, 2.24) is 5.32 Å². The number of benzene rings is 3. The van der Waals surface area contributed by atoms with Crippen molar-refractivity contribution in [3.05, 3.63) is 84.4 Å². The first-order valence-electron chi connectivity index (χ1n) is 9.91. The molecule has 0 spiro atoms. The van der Waals surface area contributed by atoms with Crippen molar-refractivity contribution in [2.75, 3.05) is 37.4 Å². The Morgan fingerprint density at radius 3 is 2.23 bits per heavy atom. The molecule has 0 unspecified atom stereocenters. The zero-order valence-corrected chi connectivity index (χ0v) is 17.3. The van der Waals surface area contributed by atoms with Gasteiger partial charge in [0, 0.05) is 18.3 Å². The van der Waals surface area contributed by atoms with Crippen LogP contribution in [0.4, 0.5) is 11.4 Å². The van der Waals surface area contributed by atoms with Gasteiger partial charge >= 0.3 is 0 Å². The first kappa shape index (κ1) is 21.7. The van der Waals surface area contributed by atoms with Crippen LogP contribution in [0, 0.1) is 0 Å². The second-order valence-corrected chi connectivity index (χ2v) is 6.56. The smallest absolute Gasteiger partial charge is 0.251 e. The van der Waals surface area contributed by atoms with E-state index in [1.54, 1.807) is 31.3 Å². The number of carbonyl (C=O) groups excluding carboxylic acids is 2. The Labute approximate surface area is 181 Å². The molecule has 0 saturated heterocycles. The molecule has 3 N–H and O–H groups in total. The minimum absolute atomic E-state index is 0.0675. The van der Waals surface area contributed by atoms with Gasteiger partial charge in [0.1, 0.15) is 24.7 Å². The molecule has 3 aromatic carbocycles. The van der Waals surface area contributed by atoms with Crippen LogP contribution in [-0.4, -0.2) is 38.6 Å². The Morgan fingerprint density at radius 1 is 0.806 bits per heavy atom. The predicted octanol–water partition coefficient (Wildman–Crippen LogP) is 3.55. The largest absolute Gasteiger partial charge is 0.490 e. The highest BCUT2D eigenvalue weighted by Crippen LogP contribution is 2.23. The Hall–Kier alpha value is -4.00. The van der Waals surface area contributed by atoms with Crippen molar-refractivity contribution >= 4 is 23.2 Å². The molecule has 0 radical (unpaired) electrons. The fourth-order valence-electron chi connectivity index (χ4n) is 2.80. The molecule has 0 aliphatic carbocycles. The van der Waals surface area contributed by atoms with E-state index in [0.29, 0.717) is 35.9 Å². The van der Waals surface area contributed by atoms with Crippen LogP contribution < -0.4 is 25.4 Å². The van der Waals surface area contributed by atoms with Crippen molar-refractivity contribution in [1.29, 1.82) is 0 Å². The quantitative estimate of drug-likeness (QED) is 0.438. The summed E-state index contributed by atoms with van der Waals surface area (Å²) >= 11 is 0. The van der Waals surface area contributed by atoms with Gasteiger partial charge in [0.05, 0.1) is 12.2 Å². The number of ether oxygens (including phenoxy) is 2. The molecule has 3 aromatic rings. The van der Waals surface area contributed by atoms with Crippen LogP contribution in [-0.2, 0) is 4.79 Å². The molecule has 0 heterocycles. The van der Waals surface area contributed by atoms with Crippen molar-refractivity contribution < 1.29 is 19.1 Å². The molecule has 2 amide bonds. The molecule has 160 valence electrons. The summed E-state index contributed by atoms with van der Waals surface area (Å²) in [5.74, 6) is 1.04. The summed E-state index contributed by atoms with van der Waals surface area (Å²) in [6.07, 6.45) is 0. The topological polar surface area (TPSA) is 88.7 Å². The van der Waals surface area contributed by atoms with Crippen LogP contribution in [0.15, 0.2) is 78.9 Å². The highest BCUT2D eigenvalue weighted by molar-refractivity contribution is 5.96. The summed E-state index contributed by atoms with van der Waals surface area (Å²) in [6, 6.07) is 23.6. The van der Waals surface area contributed by atoms with Gasteiger partial charge in [-0.3, -0.25) is 9.59 Å². The van der Waals surface area contributed by atoms with E-state index in [1.165, 1.54) is 0 Å². The summed E-state index contributed by atoms with van der Waals surface area (Å²) in [4.78, 5) is 23.9. The van der Waals surface area contributed by atoms with Crippen LogP contribution in [0.25, 0.3) is 0 Å². The molecule has 0 atom stereocenters. The van der Waals surface area contributed by atoms with Crippen LogP contribution in [0.1, 0.15) is 10.4 Å². The average molecular weight is 419 g/mol. The van der Waals surface area contributed by atoms with E-state index in [-0.39, 0.29) is 18.4 Å². The third-order valence-corrected chi connectivity index (χ3v) is 4.34. The van der Waals surface area contributed by atoms with E-state index in [9.17, 15) is 9.59 Å². The molecule has 0 fully saturated rings. The van der Waals surface area contributed by atoms with E-state index in [2.05, 4.69) is 16.0 Å². The van der Waals surface area contributed by atoms with E-state index < -0.39 is 0 Å². The third kappa shape index (κ3) is 6.78. The maximum absolute atomic E-state index is 12.3. The second kappa shape index (κ2) is 11.3. The van der Waals surface area contributed by atoms with Crippen molar-refractivity contribution in [2.45, 2.75) is 0 Å². The Morgan fingerprint density at radius 2 is 1.48 bits per heavy atom. The predicted molar refractivity (Wildman–Crippen MR) is 121 cm³/mol. The number of amides is 2. The first-order chi connectivity index (χ1) is 15.2. The third-order valence-electron chi connectivity index (χ3n) is 4.34. The second-order valence-electron chi connectivity index (χ2n) is 6.56. The lowest BCUT2D eigenvalue weighted by molar-refractivity contribution is -0.114. The van der Waals surface area contributed by atoms with E-state index in [0.717, 1.165) is 5.75 Å². The molecule has 0 aliphatic rings. The fraction of sp³-hybridized carbons (Fsp3) is 0.167. The zero-order chi connectivity index (χ0) is 21.9. The minimum atomic E-state index is -0.213. The van der Waals surface area contributed by atoms with E-state index in [1.807, 2.05) is 54.6 Å². The minimum Gasteiger partial charge on any atom is -0.490 e. The molecule has 3 rings (SSSR count). The number of hydrogen-bond acceptors (Lipinski definition) is 5. The monoisotopic (exact) mass is 419 g/mol. The number of rotatable bonds is 10. The molecule has 0 aliphatic heterocycles. The highest BCUT2D eigenvalue weighted by Gasteiger charge is 2.08.